The van der Waals surface area contributed by atoms with Gasteiger partial charge in [-0.25, -0.2) is 0 Å². The molecule has 1 aromatic carbocycles. The van der Waals surface area contributed by atoms with Crippen LogP contribution in [0.15, 0.2) is 18.2 Å². The Morgan fingerprint density at radius 2 is 1.67 bits per heavy atom. The molecule has 0 fully saturated rings. The highest BCUT2D eigenvalue weighted by Gasteiger charge is 2.52. The van der Waals surface area contributed by atoms with Crippen molar-refractivity contribution in [3.05, 3.63) is 29.3 Å². The summed E-state index contributed by atoms with van der Waals surface area (Å²) in [6, 6.07) is 4.80. The molecule has 0 amide bonds. The van der Waals surface area contributed by atoms with Gasteiger partial charge in [-0.2, -0.15) is 0 Å². The number of phenolic OH excluding ortho intramolecular Hbond substituents is 1. The Morgan fingerprint density at radius 1 is 1.11 bits per heavy atom. The quantitative estimate of drug-likeness (QED) is 0.621. The molecule has 0 saturated carbocycles. The number of ether oxygens (including phenoxy) is 2. The van der Waals surface area contributed by atoms with Gasteiger partial charge in [0.2, 0.25) is 0 Å². The zero-order chi connectivity index (χ0) is 13.3. The number of carbonyl (C=O) groups excluding carboxylic acids is 2. The van der Waals surface area contributed by atoms with Crippen molar-refractivity contribution < 1.29 is 24.2 Å². The van der Waals surface area contributed by atoms with Crippen LogP contribution in [0.25, 0.3) is 0 Å². The van der Waals surface area contributed by atoms with Crippen LogP contribution in [0.5, 0.6) is 5.75 Å². The average molecular weight is 250 g/mol. The first kappa shape index (κ1) is 12.4. The number of hydrogen-bond acceptors (Lipinski definition) is 5. The number of hydrogen-bond donors (Lipinski definition) is 1. The zero-order valence-corrected chi connectivity index (χ0v) is 10.2. The van der Waals surface area contributed by atoms with Gasteiger partial charge in [0.05, 0.1) is 14.2 Å². The lowest BCUT2D eigenvalue weighted by atomic mass is 9.85. The third kappa shape index (κ3) is 1.72. The molecule has 5 heteroatoms. The van der Waals surface area contributed by atoms with Crippen LogP contribution in [0.1, 0.15) is 11.1 Å². The number of methoxy groups -OCH3 is 2. The van der Waals surface area contributed by atoms with Gasteiger partial charge in [0.15, 0.2) is 5.41 Å². The molecule has 18 heavy (non-hydrogen) atoms. The van der Waals surface area contributed by atoms with Crippen molar-refractivity contribution >= 4 is 11.9 Å². The van der Waals surface area contributed by atoms with Crippen LogP contribution < -0.4 is 0 Å². The summed E-state index contributed by atoms with van der Waals surface area (Å²) in [6.45, 7) is 0. The summed E-state index contributed by atoms with van der Waals surface area (Å²) in [6.07, 6.45) is 0.429. The second-order valence-corrected chi connectivity index (χ2v) is 4.37. The summed E-state index contributed by atoms with van der Waals surface area (Å²) in [5.41, 5.74) is 0.300. The van der Waals surface area contributed by atoms with E-state index < -0.39 is 17.4 Å². The van der Waals surface area contributed by atoms with E-state index in [-0.39, 0.29) is 18.6 Å². The van der Waals surface area contributed by atoms with Crippen LogP contribution in [-0.2, 0) is 31.9 Å². The molecule has 1 N–H and O–H groups in total. The first-order chi connectivity index (χ1) is 8.53. The SMILES string of the molecule is COC(=O)C1(C(=O)OC)Cc2ccc(O)cc2C1. The predicted molar refractivity (Wildman–Crippen MR) is 62.0 cm³/mol. The first-order valence-electron chi connectivity index (χ1n) is 5.51. The number of aromatic hydroxyl groups is 1. The molecule has 0 heterocycles. The van der Waals surface area contributed by atoms with E-state index in [9.17, 15) is 14.7 Å². The summed E-state index contributed by atoms with van der Waals surface area (Å²) >= 11 is 0. The van der Waals surface area contributed by atoms with Gasteiger partial charge in [0.25, 0.3) is 0 Å². The van der Waals surface area contributed by atoms with Gasteiger partial charge < -0.3 is 14.6 Å². The van der Waals surface area contributed by atoms with Crippen LogP contribution >= 0.6 is 0 Å². The largest absolute Gasteiger partial charge is 0.508 e. The summed E-state index contributed by atoms with van der Waals surface area (Å²) in [5.74, 6) is -1.10. The molecule has 0 spiro atoms. The Balaban J connectivity index is 2.43. The maximum Gasteiger partial charge on any atom is 0.323 e. The van der Waals surface area contributed by atoms with E-state index in [4.69, 9.17) is 9.47 Å². The molecule has 1 aliphatic rings. The van der Waals surface area contributed by atoms with Gasteiger partial charge in [-0.15, -0.1) is 0 Å². The topological polar surface area (TPSA) is 72.8 Å². The highest BCUT2D eigenvalue weighted by Crippen LogP contribution is 2.40. The van der Waals surface area contributed by atoms with Crippen molar-refractivity contribution in [2.75, 3.05) is 14.2 Å². The van der Waals surface area contributed by atoms with Crippen LogP contribution in [0, 0.1) is 5.41 Å². The zero-order valence-electron chi connectivity index (χ0n) is 10.2. The highest BCUT2D eigenvalue weighted by atomic mass is 16.5. The van der Waals surface area contributed by atoms with Crippen LogP contribution in [0.4, 0.5) is 0 Å². The molecular weight excluding hydrogens is 236 g/mol. The molecular formula is C13H14O5. The smallest absolute Gasteiger partial charge is 0.323 e. The second kappa shape index (κ2) is 4.33. The molecule has 0 radical (unpaired) electrons. The number of esters is 2. The molecule has 5 nitrogen and oxygen atoms in total. The van der Waals surface area contributed by atoms with Gasteiger partial charge in [-0.05, 0) is 36.1 Å². The minimum Gasteiger partial charge on any atom is -0.508 e. The summed E-state index contributed by atoms with van der Waals surface area (Å²) in [7, 11) is 2.49. The molecule has 0 unspecified atom stereocenters. The van der Waals surface area contributed by atoms with E-state index in [0.29, 0.717) is 0 Å². The molecule has 0 atom stereocenters. The van der Waals surface area contributed by atoms with Crippen LogP contribution in [-0.4, -0.2) is 31.3 Å². The maximum atomic E-state index is 11.9. The third-order valence-electron chi connectivity index (χ3n) is 3.33. The van der Waals surface area contributed by atoms with Crippen molar-refractivity contribution in [3.8, 4) is 5.75 Å². The third-order valence-corrected chi connectivity index (χ3v) is 3.33. The van der Waals surface area contributed by atoms with E-state index in [1.165, 1.54) is 20.3 Å². The number of benzene rings is 1. The van der Waals surface area contributed by atoms with Gasteiger partial charge in [-0.1, -0.05) is 6.07 Å². The number of carbonyl (C=O) groups is 2. The minimum atomic E-state index is -1.32. The van der Waals surface area contributed by atoms with Crippen molar-refractivity contribution in [2.45, 2.75) is 12.8 Å². The lowest BCUT2D eigenvalue weighted by Gasteiger charge is -2.22. The standard InChI is InChI=1S/C13H14O5/c1-17-11(15)13(12(16)18-2)6-8-3-4-10(14)5-9(8)7-13/h3-5,14H,6-7H2,1-2H3. The summed E-state index contributed by atoms with van der Waals surface area (Å²) in [4.78, 5) is 23.8. The predicted octanol–water partition coefficient (Wildman–Crippen LogP) is 0.823. The number of phenols is 1. The molecule has 96 valence electrons. The van der Waals surface area contributed by atoms with Crippen molar-refractivity contribution in [3.63, 3.8) is 0 Å². The van der Waals surface area contributed by atoms with Crippen molar-refractivity contribution in [1.82, 2.24) is 0 Å². The van der Waals surface area contributed by atoms with Gasteiger partial charge >= 0.3 is 11.9 Å². The summed E-state index contributed by atoms with van der Waals surface area (Å²) < 4.78 is 9.44. The normalized spacial score (nSPS) is 15.9. The lowest BCUT2D eigenvalue weighted by molar-refractivity contribution is -0.168. The second-order valence-electron chi connectivity index (χ2n) is 4.37. The van der Waals surface area contributed by atoms with E-state index >= 15 is 0 Å². The Hall–Kier alpha value is -2.04. The van der Waals surface area contributed by atoms with E-state index in [0.717, 1.165) is 11.1 Å². The molecule has 1 aromatic rings. The maximum absolute atomic E-state index is 11.9. The monoisotopic (exact) mass is 250 g/mol. The lowest BCUT2D eigenvalue weighted by Crippen LogP contribution is -2.42. The molecule has 0 aromatic heterocycles. The van der Waals surface area contributed by atoms with Crippen molar-refractivity contribution in [1.29, 1.82) is 0 Å². The van der Waals surface area contributed by atoms with Gasteiger partial charge in [-0.3, -0.25) is 9.59 Å². The molecule has 0 bridgehead atoms. The van der Waals surface area contributed by atoms with E-state index in [1.807, 2.05) is 0 Å². The summed E-state index contributed by atoms with van der Waals surface area (Å²) in [5, 5.41) is 9.43. The Morgan fingerprint density at radius 3 is 2.22 bits per heavy atom. The fourth-order valence-electron chi connectivity index (χ4n) is 2.42. The fraction of sp³-hybridized carbons (Fsp3) is 0.385. The van der Waals surface area contributed by atoms with Crippen LogP contribution in [0.2, 0.25) is 0 Å². The molecule has 0 aliphatic heterocycles. The fourth-order valence-corrected chi connectivity index (χ4v) is 2.42. The molecule has 1 aliphatic carbocycles. The van der Waals surface area contributed by atoms with Gasteiger partial charge in [0, 0.05) is 0 Å². The number of fused-ring (bicyclic) bond motifs is 1. The van der Waals surface area contributed by atoms with E-state index in [2.05, 4.69) is 0 Å². The minimum absolute atomic E-state index is 0.110. The average Bonchev–Trinajstić information content (AvgIpc) is 2.76. The Kier molecular flexibility index (Phi) is 2.98. The molecule has 2 rings (SSSR count). The van der Waals surface area contributed by atoms with Crippen LogP contribution in [0.3, 0.4) is 0 Å². The van der Waals surface area contributed by atoms with Gasteiger partial charge in [0.1, 0.15) is 5.75 Å². The van der Waals surface area contributed by atoms with E-state index in [1.54, 1.807) is 12.1 Å². The highest BCUT2D eigenvalue weighted by molar-refractivity contribution is 6.01. The van der Waals surface area contributed by atoms with Crippen molar-refractivity contribution in [2.24, 2.45) is 5.41 Å². The number of rotatable bonds is 2. The first-order valence-corrected chi connectivity index (χ1v) is 5.51. The Labute approximate surface area is 104 Å². The Bertz CT molecular complexity index is 490. The molecule has 0 saturated heterocycles.